The quantitative estimate of drug-likeness (QED) is 0.580. The van der Waals surface area contributed by atoms with E-state index in [0.29, 0.717) is 0 Å². The van der Waals surface area contributed by atoms with Gasteiger partial charge in [-0.2, -0.15) is 0 Å². The van der Waals surface area contributed by atoms with Crippen molar-refractivity contribution in [1.82, 2.24) is 0 Å². The molecular weight excluding hydrogens is 217 g/mol. The number of aliphatic hydroxyl groups is 1. The van der Waals surface area contributed by atoms with Crippen molar-refractivity contribution in [3.63, 3.8) is 0 Å². The third-order valence-corrected chi connectivity index (χ3v) is 2.58. The number of hydrogen-bond acceptors (Lipinski definition) is 3. The van der Waals surface area contributed by atoms with Crippen LogP contribution in [-0.2, 0) is 4.74 Å². The summed E-state index contributed by atoms with van der Waals surface area (Å²) < 4.78 is 17.9. The molecule has 1 saturated heterocycles. The fraction of sp³-hybridized carbons (Fsp3) is 1.00. The highest BCUT2D eigenvalue weighted by Crippen LogP contribution is 2.25. The normalized spacial score (nSPS) is 52.6. The molecule has 11 heavy (non-hydrogen) atoms. The molecule has 1 aliphatic heterocycles. The van der Waals surface area contributed by atoms with Gasteiger partial charge in [0, 0.05) is 0 Å². The van der Waals surface area contributed by atoms with Crippen molar-refractivity contribution < 1.29 is 14.2 Å². The van der Waals surface area contributed by atoms with Crippen LogP contribution in [0, 0.1) is 0 Å². The Kier molecular flexibility index (Phi) is 2.85. The minimum atomic E-state index is -1.44. The highest BCUT2D eigenvalue weighted by Gasteiger charge is 2.40. The number of halogens is 2. The van der Waals surface area contributed by atoms with Crippen LogP contribution in [0.3, 0.4) is 0 Å². The Labute approximate surface area is 72.8 Å². The Morgan fingerprint density at radius 2 is 2.18 bits per heavy atom. The molecular formula is C6H11BrFNO2. The highest BCUT2D eigenvalue weighted by molar-refractivity contribution is 9.09. The zero-order chi connectivity index (χ0) is 8.59. The first-order valence-corrected chi connectivity index (χ1v) is 4.33. The molecule has 1 heterocycles. The lowest BCUT2D eigenvalue weighted by atomic mass is 10.0. The largest absolute Gasteiger partial charge is 0.388 e. The predicted molar refractivity (Wildman–Crippen MR) is 42.1 cm³/mol. The second kappa shape index (κ2) is 3.35. The zero-order valence-electron chi connectivity index (χ0n) is 6.08. The van der Waals surface area contributed by atoms with Crippen molar-refractivity contribution in [3.05, 3.63) is 0 Å². The lowest BCUT2D eigenvalue weighted by molar-refractivity contribution is -0.112. The van der Waals surface area contributed by atoms with Gasteiger partial charge in [0.25, 0.3) is 0 Å². The highest BCUT2D eigenvalue weighted by atomic mass is 79.9. The summed E-state index contributed by atoms with van der Waals surface area (Å²) in [6, 6.07) is -0.640. The van der Waals surface area contributed by atoms with Gasteiger partial charge in [-0.25, -0.2) is 4.39 Å². The van der Waals surface area contributed by atoms with E-state index in [9.17, 15) is 9.50 Å². The Bertz CT molecular complexity index is 135. The summed E-state index contributed by atoms with van der Waals surface area (Å²) in [4.78, 5) is 0. The van der Waals surface area contributed by atoms with Gasteiger partial charge in [0.15, 0.2) is 6.17 Å². The summed E-state index contributed by atoms with van der Waals surface area (Å²) in [5, 5.41) is 8.43. The molecule has 1 fully saturated rings. The van der Waals surface area contributed by atoms with Crippen LogP contribution in [0.4, 0.5) is 4.39 Å². The van der Waals surface area contributed by atoms with Gasteiger partial charge in [-0.1, -0.05) is 15.9 Å². The van der Waals surface area contributed by atoms with Crippen LogP contribution in [0.5, 0.6) is 0 Å². The molecule has 0 bridgehead atoms. The van der Waals surface area contributed by atoms with Crippen LogP contribution in [0.1, 0.15) is 6.92 Å². The molecule has 0 amide bonds. The molecule has 0 unspecified atom stereocenters. The first-order valence-electron chi connectivity index (χ1n) is 3.41. The Hall–Kier alpha value is 0.290. The van der Waals surface area contributed by atoms with E-state index in [0.717, 1.165) is 0 Å². The summed E-state index contributed by atoms with van der Waals surface area (Å²) >= 11 is 2.95. The topological polar surface area (TPSA) is 55.5 Å². The van der Waals surface area contributed by atoms with E-state index in [1.54, 1.807) is 6.92 Å². The molecule has 5 heteroatoms. The van der Waals surface area contributed by atoms with Gasteiger partial charge in [-0.3, -0.25) is 0 Å². The van der Waals surface area contributed by atoms with Crippen molar-refractivity contribution in [2.24, 2.45) is 5.73 Å². The number of rotatable bonds is 0. The van der Waals surface area contributed by atoms with Gasteiger partial charge in [0.05, 0.1) is 12.1 Å². The van der Waals surface area contributed by atoms with E-state index < -0.39 is 23.3 Å². The van der Waals surface area contributed by atoms with E-state index in [4.69, 9.17) is 10.5 Å². The standard InChI is InChI=1S/C6H11BrFNO2/c1-2-4(9)5(10)3(8)6(7)11-2/h2-6,10H,9H2,1H3/t2-,3+,4-,5-,6+/m0/s1. The summed E-state index contributed by atoms with van der Waals surface area (Å²) in [7, 11) is 0. The minimum Gasteiger partial charge on any atom is -0.388 e. The molecule has 1 rings (SSSR count). The molecule has 5 atom stereocenters. The van der Waals surface area contributed by atoms with Crippen molar-refractivity contribution in [2.75, 3.05) is 0 Å². The summed E-state index contributed by atoms with van der Waals surface area (Å²) in [6.45, 7) is 1.70. The molecule has 3 N–H and O–H groups in total. The van der Waals surface area contributed by atoms with Crippen molar-refractivity contribution in [2.45, 2.75) is 36.4 Å². The fourth-order valence-corrected chi connectivity index (χ4v) is 1.67. The van der Waals surface area contributed by atoms with Crippen LogP contribution < -0.4 is 5.73 Å². The second-order valence-electron chi connectivity index (χ2n) is 2.70. The first-order chi connectivity index (χ1) is 5.04. The van der Waals surface area contributed by atoms with Crippen LogP contribution in [0.15, 0.2) is 0 Å². The van der Waals surface area contributed by atoms with Crippen LogP contribution in [-0.4, -0.2) is 34.5 Å². The maximum absolute atomic E-state index is 12.9. The van der Waals surface area contributed by atoms with E-state index >= 15 is 0 Å². The molecule has 0 aromatic carbocycles. The van der Waals surface area contributed by atoms with Crippen LogP contribution >= 0.6 is 15.9 Å². The molecule has 1 aliphatic rings. The summed E-state index contributed by atoms with van der Waals surface area (Å²) in [5.74, 6) is 0. The zero-order valence-corrected chi connectivity index (χ0v) is 7.66. The van der Waals surface area contributed by atoms with Gasteiger partial charge < -0.3 is 15.6 Å². The fourth-order valence-electron chi connectivity index (χ4n) is 1.02. The van der Waals surface area contributed by atoms with Gasteiger partial charge in [-0.05, 0) is 6.92 Å². The van der Waals surface area contributed by atoms with Crippen molar-refractivity contribution >= 4 is 15.9 Å². The molecule has 0 aliphatic carbocycles. The van der Waals surface area contributed by atoms with Crippen LogP contribution in [0.25, 0.3) is 0 Å². The number of ether oxygens (including phenoxy) is 1. The van der Waals surface area contributed by atoms with Gasteiger partial charge >= 0.3 is 0 Å². The van der Waals surface area contributed by atoms with Gasteiger partial charge in [0.1, 0.15) is 11.1 Å². The number of hydrogen-bond donors (Lipinski definition) is 2. The van der Waals surface area contributed by atoms with E-state index in [2.05, 4.69) is 15.9 Å². The maximum atomic E-state index is 12.9. The summed E-state index contributed by atoms with van der Waals surface area (Å²) in [5.41, 5.74) is 5.44. The molecule has 0 aromatic heterocycles. The lowest BCUT2D eigenvalue weighted by Gasteiger charge is -2.36. The Morgan fingerprint density at radius 1 is 1.64 bits per heavy atom. The SMILES string of the molecule is C[C@@H]1O[C@@H](Br)[C@H](F)[C@H](O)[C@H]1N. The molecule has 3 nitrogen and oxygen atoms in total. The lowest BCUT2D eigenvalue weighted by Crippen LogP contribution is -2.57. The number of aliphatic hydroxyl groups excluding tert-OH is 1. The van der Waals surface area contributed by atoms with Gasteiger partial charge in [-0.15, -0.1) is 0 Å². The number of alkyl halides is 2. The van der Waals surface area contributed by atoms with Crippen molar-refractivity contribution in [3.8, 4) is 0 Å². The predicted octanol–water partition coefficient (Wildman–Crippen LogP) is 0.152. The Morgan fingerprint density at radius 3 is 2.73 bits per heavy atom. The average molecular weight is 228 g/mol. The van der Waals surface area contributed by atoms with Crippen molar-refractivity contribution in [1.29, 1.82) is 0 Å². The van der Waals surface area contributed by atoms with E-state index in [1.165, 1.54) is 0 Å². The van der Waals surface area contributed by atoms with Crippen LogP contribution in [0.2, 0.25) is 0 Å². The maximum Gasteiger partial charge on any atom is 0.163 e. The van der Waals surface area contributed by atoms with E-state index in [-0.39, 0.29) is 6.10 Å². The van der Waals surface area contributed by atoms with E-state index in [1.807, 2.05) is 0 Å². The Balaban J connectivity index is 2.63. The smallest absolute Gasteiger partial charge is 0.163 e. The average Bonchev–Trinajstić information content (AvgIpc) is 1.97. The minimum absolute atomic E-state index is 0.318. The number of nitrogens with two attached hydrogens (primary N) is 1. The van der Waals surface area contributed by atoms with Gasteiger partial charge in [0.2, 0.25) is 0 Å². The molecule has 0 radical (unpaired) electrons. The second-order valence-corrected chi connectivity index (χ2v) is 3.61. The molecule has 0 aromatic rings. The first kappa shape index (κ1) is 9.38. The molecule has 66 valence electrons. The summed E-state index contributed by atoms with van der Waals surface area (Å²) in [6.07, 6.45) is -2.90. The molecule has 0 saturated carbocycles. The monoisotopic (exact) mass is 227 g/mol. The molecule has 0 spiro atoms. The third-order valence-electron chi connectivity index (χ3n) is 1.86. The third kappa shape index (κ3) is 1.72.